The molecular weight excluding hydrogens is 220 g/mol. The number of hydrogen-bond acceptors (Lipinski definition) is 1. The van der Waals surface area contributed by atoms with Crippen LogP contribution in [0.3, 0.4) is 0 Å². The zero-order valence-corrected chi connectivity index (χ0v) is 12.7. The molecule has 3 saturated carbocycles. The lowest BCUT2D eigenvalue weighted by Crippen LogP contribution is -2.43. The van der Waals surface area contributed by atoms with Gasteiger partial charge >= 0.3 is 0 Å². The predicted octanol–water partition coefficient (Wildman–Crippen LogP) is 4.45. The molecule has 102 valence electrons. The zero-order valence-electron chi connectivity index (χ0n) is 12.7. The van der Waals surface area contributed by atoms with E-state index in [-0.39, 0.29) is 5.41 Å². The first-order chi connectivity index (χ1) is 8.25. The summed E-state index contributed by atoms with van der Waals surface area (Å²) in [5.74, 6) is 2.79. The van der Waals surface area contributed by atoms with Crippen molar-refractivity contribution in [1.82, 2.24) is 0 Å². The molecule has 3 aliphatic carbocycles. The van der Waals surface area contributed by atoms with Gasteiger partial charge in [-0.05, 0) is 67.6 Å². The fraction of sp³-hybridized carbons (Fsp3) is 0.941. The third-order valence-electron chi connectivity index (χ3n) is 7.63. The number of rotatable bonds is 1. The molecule has 3 aliphatic rings. The van der Waals surface area contributed by atoms with Crippen LogP contribution in [0.15, 0.2) is 0 Å². The average molecular weight is 248 g/mol. The lowest BCUT2D eigenvalue weighted by molar-refractivity contribution is -0.133. The quantitative estimate of drug-likeness (QED) is 0.670. The molecule has 0 aromatic carbocycles. The van der Waals surface area contributed by atoms with Gasteiger partial charge in [-0.15, -0.1) is 0 Å². The molecule has 0 N–H and O–H groups in total. The van der Waals surface area contributed by atoms with Gasteiger partial charge in [-0.2, -0.15) is 0 Å². The van der Waals surface area contributed by atoms with Crippen LogP contribution in [0.4, 0.5) is 0 Å². The first-order valence-electron chi connectivity index (χ1n) is 7.76. The van der Waals surface area contributed by atoms with Gasteiger partial charge in [0.2, 0.25) is 0 Å². The number of Topliss-reactive ketones (excluding diaryl/α,β-unsaturated/α-hetero) is 1. The summed E-state index contributed by atoms with van der Waals surface area (Å²) in [6.07, 6.45) is 6.57. The monoisotopic (exact) mass is 248 g/mol. The minimum absolute atomic E-state index is 0.0428. The summed E-state index contributed by atoms with van der Waals surface area (Å²) in [4.78, 5) is 12.2. The molecule has 0 aliphatic heterocycles. The van der Waals surface area contributed by atoms with E-state index in [9.17, 15) is 4.79 Å². The molecule has 5 atom stereocenters. The summed E-state index contributed by atoms with van der Waals surface area (Å²) in [5, 5.41) is 0. The fourth-order valence-electron chi connectivity index (χ4n) is 6.33. The van der Waals surface area contributed by atoms with Crippen molar-refractivity contribution < 1.29 is 4.79 Å². The molecule has 0 aromatic rings. The van der Waals surface area contributed by atoms with Gasteiger partial charge in [-0.3, -0.25) is 4.79 Å². The molecule has 3 rings (SSSR count). The maximum absolute atomic E-state index is 12.2. The highest BCUT2D eigenvalue weighted by Crippen LogP contribution is 2.74. The van der Waals surface area contributed by atoms with Gasteiger partial charge in [0.15, 0.2) is 0 Å². The van der Waals surface area contributed by atoms with Crippen LogP contribution in [-0.2, 0) is 4.79 Å². The summed E-state index contributed by atoms with van der Waals surface area (Å²) >= 11 is 0. The Labute approximate surface area is 112 Å². The van der Waals surface area contributed by atoms with Crippen LogP contribution in [0.25, 0.3) is 0 Å². The van der Waals surface area contributed by atoms with Crippen molar-refractivity contribution in [3.8, 4) is 0 Å². The first-order valence-corrected chi connectivity index (χ1v) is 7.76. The van der Waals surface area contributed by atoms with Crippen molar-refractivity contribution in [3.63, 3.8) is 0 Å². The second-order valence-corrected chi connectivity index (χ2v) is 8.32. The van der Waals surface area contributed by atoms with Gasteiger partial charge in [0.05, 0.1) is 0 Å². The molecule has 1 spiro atoms. The Balaban J connectivity index is 2.07. The summed E-state index contributed by atoms with van der Waals surface area (Å²) in [7, 11) is 0. The predicted molar refractivity (Wildman–Crippen MR) is 74.2 cm³/mol. The summed E-state index contributed by atoms with van der Waals surface area (Å²) in [6, 6.07) is 0. The fourth-order valence-corrected chi connectivity index (χ4v) is 6.33. The van der Waals surface area contributed by atoms with Crippen LogP contribution in [-0.4, -0.2) is 5.78 Å². The molecule has 0 aromatic heterocycles. The van der Waals surface area contributed by atoms with E-state index in [1.807, 2.05) is 6.92 Å². The van der Waals surface area contributed by atoms with Crippen molar-refractivity contribution in [3.05, 3.63) is 0 Å². The first kappa shape index (κ1) is 12.7. The third-order valence-corrected chi connectivity index (χ3v) is 7.63. The number of ketones is 1. The van der Waals surface area contributed by atoms with Crippen LogP contribution >= 0.6 is 0 Å². The van der Waals surface area contributed by atoms with Gasteiger partial charge < -0.3 is 0 Å². The van der Waals surface area contributed by atoms with E-state index < -0.39 is 0 Å². The SMILES string of the molecule is CC(=O)[C@@]1(C)CC[C@@]23C[C@@H]1C(C)(C)[C@@H]2CC[C@H]3C. The van der Waals surface area contributed by atoms with E-state index >= 15 is 0 Å². The van der Waals surface area contributed by atoms with Crippen LogP contribution in [0.1, 0.15) is 66.7 Å². The lowest BCUT2D eigenvalue weighted by Gasteiger charge is -2.46. The molecule has 0 heterocycles. The molecular formula is C17H28O. The van der Waals surface area contributed by atoms with Gasteiger partial charge in [0, 0.05) is 5.41 Å². The number of fused-ring (bicyclic) bond motifs is 1. The van der Waals surface area contributed by atoms with E-state index in [4.69, 9.17) is 0 Å². The normalized spacial score (nSPS) is 53.3. The zero-order chi connectivity index (χ0) is 13.3. The van der Waals surface area contributed by atoms with E-state index in [0.29, 0.717) is 22.5 Å². The van der Waals surface area contributed by atoms with Crippen LogP contribution in [0, 0.1) is 34.0 Å². The molecule has 0 amide bonds. The molecule has 18 heavy (non-hydrogen) atoms. The molecule has 1 heteroatoms. The summed E-state index contributed by atoms with van der Waals surface area (Å²) in [6.45, 7) is 11.4. The Kier molecular flexibility index (Phi) is 2.40. The highest BCUT2D eigenvalue weighted by atomic mass is 16.1. The van der Waals surface area contributed by atoms with Gasteiger partial charge in [-0.1, -0.05) is 27.7 Å². The standard InChI is InChI=1S/C17H28O/c1-11-6-7-13-15(3,4)14-10-17(11,13)9-8-16(14,5)12(2)18/h11,13-14H,6-10H2,1-5H3/t11-,13+,14-,16-,17+/m1/s1. The Morgan fingerprint density at radius 3 is 2.33 bits per heavy atom. The van der Waals surface area contributed by atoms with Crippen LogP contribution in [0.5, 0.6) is 0 Å². The second kappa shape index (κ2) is 3.41. The molecule has 3 fully saturated rings. The third kappa shape index (κ3) is 1.22. The Hall–Kier alpha value is -0.330. The average Bonchev–Trinajstić information content (AvgIpc) is 2.69. The smallest absolute Gasteiger partial charge is 0.135 e. The lowest BCUT2D eigenvalue weighted by atomic mass is 9.57. The van der Waals surface area contributed by atoms with Gasteiger partial charge in [0.25, 0.3) is 0 Å². The molecule has 1 nitrogen and oxygen atoms in total. The largest absolute Gasteiger partial charge is 0.299 e. The molecule has 2 bridgehead atoms. The van der Waals surface area contributed by atoms with Crippen molar-refractivity contribution in [1.29, 1.82) is 0 Å². The topological polar surface area (TPSA) is 17.1 Å². The molecule has 0 radical (unpaired) electrons. The van der Waals surface area contributed by atoms with Crippen LogP contribution < -0.4 is 0 Å². The van der Waals surface area contributed by atoms with Gasteiger partial charge in [0.1, 0.15) is 5.78 Å². The van der Waals surface area contributed by atoms with E-state index in [2.05, 4.69) is 27.7 Å². The minimum Gasteiger partial charge on any atom is -0.299 e. The highest BCUT2D eigenvalue weighted by molar-refractivity contribution is 5.82. The van der Waals surface area contributed by atoms with E-state index in [1.165, 1.54) is 25.7 Å². The second-order valence-electron chi connectivity index (χ2n) is 8.32. The van der Waals surface area contributed by atoms with Crippen molar-refractivity contribution in [2.75, 3.05) is 0 Å². The number of carbonyl (C=O) groups excluding carboxylic acids is 1. The van der Waals surface area contributed by atoms with Crippen molar-refractivity contribution >= 4 is 5.78 Å². The van der Waals surface area contributed by atoms with Crippen LogP contribution in [0.2, 0.25) is 0 Å². The Morgan fingerprint density at radius 1 is 1.06 bits per heavy atom. The number of hydrogen-bond donors (Lipinski definition) is 0. The van der Waals surface area contributed by atoms with Crippen molar-refractivity contribution in [2.24, 2.45) is 34.0 Å². The summed E-state index contributed by atoms with van der Waals surface area (Å²) in [5.41, 5.74) is 0.906. The van der Waals surface area contributed by atoms with E-state index in [1.54, 1.807) is 0 Å². The highest BCUT2D eigenvalue weighted by Gasteiger charge is 2.68. The maximum Gasteiger partial charge on any atom is 0.135 e. The minimum atomic E-state index is -0.0428. The maximum atomic E-state index is 12.2. The Bertz CT molecular complexity index is 396. The summed E-state index contributed by atoms with van der Waals surface area (Å²) < 4.78 is 0. The number of carbonyl (C=O) groups is 1. The Morgan fingerprint density at radius 2 is 1.72 bits per heavy atom. The molecule has 0 saturated heterocycles. The van der Waals surface area contributed by atoms with E-state index in [0.717, 1.165) is 18.3 Å². The van der Waals surface area contributed by atoms with Gasteiger partial charge in [-0.25, -0.2) is 0 Å². The molecule has 0 unspecified atom stereocenters. The van der Waals surface area contributed by atoms with Crippen molar-refractivity contribution in [2.45, 2.75) is 66.7 Å².